The van der Waals surface area contributed by atoms with Crippen molar-refractivity contribution in [2.45, 2.75) is 92.3 Å². The standard InChI is InChI=1S/C31H21F18NO5/c32-24(33,26(36,37)28(40,41)30(44,45)46)9-7-14-2-4-17-18(11-14)16-3-1-15(8-10-25(34,35)27(38,39)29(42,43)31(47,48)49)12-19(16)20(17)13-54-23(53)55-50-21(51)5-6-22(50)52/h1-4,11-12,20H,5-10,13H2. The van der Waals surface area contributed by atoms with E-state index in [2.05, 4.69) is 4.84 Å². The van der Waals surface area contributed by atoms with Gasteiger partial charge in [-0.05, 0) is 46.2 Å². The predicted octanol–water partition coefficient (Wildman–Crippen LogP) is 9.82. The number of ether oxygens (including phenoxy) is 1. The second-order valence-electron chi connectivity index (χ2n) is 12.3. The first-order valence-corrected chi connectivity index (χ1v) is 15.2. The van der Waals surface area contributed by atoms with Gasteiger partial charge in [-0.2, -0.15) is 79.0 Å². The molecule has 2 aromatic carbocycles. The Morgan fingerprint density at radius 3 is 1.47 bits per heavy atom. The second-order valence-corrected chi connectivity index (χ2v) is 12.3. The Morgan fingerprint density at radius 2 is 1.02 bits per heavy atom. The van der Waals surface area contributed by atoms with Crippen LogP contribution in [0.4, 0.5) is 83.8 Å². The molecule has 24 heteroatoms. The Labute approximate surface area is 295 Å². The first-order chi connectivity index (χ1) is 24.8. The maximum Gasteiger partial charge on any atom is 0.533 e. The van der Waals surface area contributed by atoms with Gasteiger partial charge in [-0.1, -0.05) is 41.5 Å². The number of carbonyl (C=O) groups excluding carboxylic acids is 3. The smallest absolute Gasteiger partial charge is 0.432 e. The number of nitrogens with zero attached hydrogens (tertiary/aromatic N) is 1. The number of aryl methyl sites for hydroxylation is 2. The van der Waals surface area contributed by atoms with E-state index in [9.17, 15) is 93.4 Å². The molecule has 1 unspecified atom stereocenters. The summed E-state index contributed by atoms with van der Waals surface area (Å²) in [6.07, 6.45) is -23.6. The van der Waals surface area contributed by atoms with Crippen LogP contribution in [0, 0.1) is 0 Å². The molecule has 0 aromatic heterocycles. The monoisotopic (exact) mass is 829 g/mol. The summed E-state index contributed by atoms with van der Waals surface area (Å²) in [5, 5.41) is 0.0609. The maximum atomic E-state index is 14.3. The van der Waals surface area contributed by atoms with Gasteiger partial charge in [-0.15, -0.1) is 0 Å². The molecule has 0 bridgehead atoms. The van der Waals surface area contributed by atoms with Gasteiger partial charge in [0.25, 0.3) is 11.8 Å². The molecular formula is C31H21F18NO5. The zero-order chi connectivity index (χ0) is 42.0. The highest BCUT2D eigenvalue weighted by molar-refractivity contribution is 6.01. The third-order valence-electron chi connectivity index (χ3n) is 8.69. The largest absolute Gasteiger partial charge is 0.533 e. The number of benzene rings is 2. The van der Waals surface area contributed by atoms with Gasteiger partial charge in [0, 0.05) is 31.6 Å². The minimum Gasteiger partial charge on any atom is -0.432 e. The van der Waals surface area contributed by atoms with Crippen molar-refractivity contribution >= 4 is 18.0 Å². The third-order valence-corrected chi connectivity index (χ3v) is 8.69. The molecule has 0 spiro atoms. The minimum atomic E-state index is -7.17. The Kier molecular flexibility index (Phi) is 11.0. The van der Waals surface area contributed by atoms with Gasteiger partial charge >= 0.3 is 54.0 Å². The second kappa shape index (κ2) is 14.0. The van der Waals surface area contributed by atoms with E-state index in [0.29, 0.717) is 0 Å². The summed E-state index contributed by atoms with van der Waals surface area (Å²) in [6.45, 7) is -0.860. The molecule has 1 aliphatic heterocycles. The van der Waals surface area contributed by atoms with E-state index < -0.39 is 110 Å². The van der Waals surface area contributed by atoms with Crippen LogP contribution in [-0.2, 0) is 32.0 Å². The van der Waals surface area contributed by atoms with E-state index in [0.717, 1.165) is 36.4 Å². The van der Waals surface area contributed by atoms with Crippen LogP contribution in [0.2, 0.25) is 0 Å². The van der Waals surface area contributed by atoms with Crippen LogP contribution in [0.15, 0.2) is 36.4 Å². The van der Waals surface area contributed by atoms with E-state index >= 15 is 0 Å². The van der Waals surface area contributed by atoms with Crippen LogP contribution in [0.25, 0.3) is 11.1 Å². The number of hydrogen-bond donors (Lipinski definition) is 0. The topological polar surface area (TPSA) is 72.9 Å². The quantitative estimate of drug-likeness (QED) is 0.114. The highest BCUT2D eigenvalue weighted by Gasteiger charge is 2.82. The van der Waals surface area contributed by atoms with E-state index in [1.807, 2.05) is 0 Å². The molecule has 6 nitrogen and oxygen atoms in total. The maximum absolute atomic E-state index is 14.3. The SMILES string of the molecule is O=C(OCC1c2ccc(CCC(F)(F)C(F)(F)C(F)(F)C(F)(F)F)cc2-c2ccc(CCC(F)(F)C(F)(F)C(F)(F)C(F)(F)F)cc21)ON1C(=O)CCC1=O. The van der Waals surface area contributed by atoms with Crippen molar-refractivity contribution in [3.63, 3.8) is 0 Å². The molecule has 0 radical (unpaired) electrons. The van der Waals surface area contributed by atoms with Crippen LogP contribution in [0.5, 0.6) is 0 Å². The minimum absolute atomic E-state index is 0.0133. The van der Waals surface area contributed by atoms with Crippen molar-refractivity contribution in [1.29, 1.82) is 0 Å². The number of fused-ring (bicyclic) bond motifs is 3. The number of imide groups is 1. The summed E-state index contributed by atoms with van der Waals surface area (Å²) < 4.78 is 246. The zero-order valence-electron chi connectivity index (χ0n) is 26.8. The molecule has 2 aromatic rings. The fourth-order valence-corrected chi connectivity index (χ4v) is 5.59. The number of carbonyl (C=O) groups is 3. The van der Waals surface area contributed by atoms with Gasteiger partial charge in [0.05, 0.1) is 0 Å². The number of rotatable bonds is 13. The van der Waals surface area contributed by atoms with Crippen LogP contribution < -0.4 is 0 Å². The lowest BCUT2D eigenvalue weighted by molar-refractivity contribution is -0.396. The Balaban J connectivity index is 1.64. The highest BCUT2D eigenvalue weighted by Crippen LogP contribution is 2.56. The lowest BCUT2D eigenvalue weighted by Crippen LogP contribution is -2.60. The summed E-state index contributed by atoms with van der Waals surface area (Å²) >= 11 is 0. The van der Waals surface area contributed by atoms with Gasteiger partial charge in [0.15, 0.2) is 0 Å². The molecule has 306 valence electrons. The molecule has 2 amide bonds. The summed E-state index contributed by atoms with van der Waals surface area (Å²) in [6, 6.07) is 5.66. The molecular weight excluding hydrogens is 808 g/mol. The van der Waals surface area contributed by atoms with Gasteiger partial charge in [0.2, 0.25) is 0 Å². The van der Waals surface area contributed by atoms with Crippen molar-refractivity contribution in [3.05, 3.63) is 58.7 Å². The molecule has 1 heterocycles. The lowest BCUT2D eigenvalue weighted by Gasteiger charge is -2.33. The van der Waals surface area contributed by atoms with Crippen molar-refractivity contribution in [2.75, 3.05) is 6.61 Å². The lowest BCUT2D eigenvalue weighted by atomic mass is 9.93. The molecule has 1 atom stereocenters. The summed E-state index contributed by atoms with van der Waals surface area (Å²) in [4.78, 5) is 40.3. The van der Waals surface area contributed by atoms with E-state index in [1.54, 1.807) is 0 Å². The molecule has 2 aliphatic rings. The normalized spacial score (nSPS) is 17.4. The highest BCUT2D eigenvalue weighted by atomic mass is 19.4. The van der Waals surface area contributed by atoms with Gasteiger partial charge in [-0.25, -0.2) is 4.79 Å². The predicted molar refractivity (Wildman–Crippen MR) is 146 cm³/mol. The molecule has 1 fully saturated rings. The number of halogens is 18. The number of amides is 2. The van der Waals surface area contributed by atoms with Crippen LogP contribution in [0.3, 0.4) is 0 Å². The first kappa shape index (κ1) is 43.3. The first-order valence-electron chi connectivity index (χ1n) is 15.2. The average Bonchev–Trinajstić information content (AvgIpc) is 3.54. The molecule has 0 saturated carbocycles. The molecule has 1 saturated heterocycles. The van der Waals surface area contributed by atoms with Crippen LogP contribution in [-0.4, -0.2) is 77.5 Å². The van der Waals surface area contributed by atoms with Crippen LogP contribution >= 0.6 is 0 Å². The van der Waals surface area contributed by atoms with Crippen molar-refractivity contribution < 1.29 is 103 Å². The number of hydroxylamine groups is 2. The number of alkyl halides is 18. The van der Waals surface area contributed by atoms with E-state index in [4.69, 9.17) is 4.74 Å². The van der Waals surface area contributed by atoms with Gasteiger partial charge in [0.1, 0.15) is 6.61 Å². The van der Waals surface area contributed by atoms with Gasteiger partial charge < -0.3 is 4.74 Å². The van der Waals surface area contributed by atoms with Gasteiger partial charge in [-0.3, -0.25) is 14.4 Å². The molecule has 0 N–H and O–H groups in total. The fraction of sp³-hybridized carbons (Fsp3) is 0.516. The van der Waals surface area contributed by atoms with E-state index in [1.165, 1.54) is 0 Å². The van der Waals surface area contributed by atoms with Crippen molar-refractivity contribution in [2.24, 2.45) is 0 Å². The summed E-state index contributed by atoms with van der Waals surface area (Å²) in [5.74, 6) is -43.3. The molecule has 4 rings (SSSR count). The fourth-order valence-electron chi connectivity index (χ4n) is 5.59. The average molecular weight is 829 g/mol. The molecule has 1 aliphatic carbocycles. The zero-order valence-corrected chi connectivity index (χ0v) is 26.8. The van der Waals surface area contributed by atoms with Crippen molar-refractivity contribution in [1.82, 2.24) is 5.06 Å². The Bertz CT molecular complexity index is 1810. The summed E-state index contributed by atoms with van der Waals surface area (Å²) in [5.41, 5.74) is -1.05. The Morgan fingerprint density at radius 1 is 0.582 bits per heavy atom. The summed E-state index contributed by atoms with van der Waals surface area (Å²) in [7, 11) is 0. The molecule has 55 heavy (non-hydrogen) atoms. The Hall–Kier alpha value is -4.41. The van der Waals surface area contributed by atoms with Crippen molar-refractivity contribution in [3.8, 4) is 11.1 Å². The third kappa shape index (κ3) is 7.60. The van der Waals surface area contributed by atoms with Crippen LogP contribution in [0.1, 0.15) is 53.9 Å². The van der Waals surface area contributed by atoms with E-state index in [-0.39, 0.29) is 45.7 Å². The number of hydrogen-bond acceptors (Lipinski definition) is 5.